The average Bonchev–Trinajstić information content (AvgIpc) is 2.65. The quantitative estimate of drug-likeness (QED) is 0.390. The van der Waals surface area contributed by atoms with Crippen LogP contribution >= 0.6 is 27.5 Å². The lowest BCUT2D eigenvalue weighted by atomic mass is 10.1. The minimum Gasteiger partial charge on any atom is -0.486 e. The molecule has 0 bridgehead atoms. The van der Waals surface area contributed by atoms with E-state index in [1.807, 2.05) is 24.3 Å². The van der Waals surface area contributed by atoms with Gasteiger partial charge in [-0.2, -0.15) is 0 Å². The van der Waals surface area contributed by atoms with Crippen LogP contribution in [-0.4, -0.2) is 12.6 Å². The van der Waals surface area contributed by atoms with E-state index in [0.717, 1.165) is 16.3 Å². The maximum Gasteiger partial charge on any atom is 0.339 e. The Morgan fingerprint density at radius 3 is 2.69 bits per heavy atom. The van der Waals surface area contributed by atoms with Gasteiger partial charge in [0.1, 0.15) is 6.61 Å². The Balaban J connectivity index is 1.82. The van der Waals surface area contributed by atoms with Crippen LogP contribution in [0.1, 0.15) is 15.9 Å². The minimum absolute atomic E-state index is 0.0899. The summed E-state index contributed by atoms with van der Waals surface area (Å²) in [5.41, 5.74) is 1.35. The Morgan fingerprint density at radius 2 is 1.92 bits per heavy atom. The molecule has 0 radical (unpaired) electrons. The second-order valence-electron chi connectivity index (χ2n) is 5.48. The SMILES string of the molecule is C#CCOC(=O)c1cc(Cl)c(OCc2cccc3ccccc23)c(Br)c1. The summed E-state index contributed by atoms with van der Waals surface area (Å²) < 4.78 is 11.4. The number of rotatable bonds is 5. The van der Waals surface area contributed by atoms with Gasteiger partial charge >= 0.3 is 5.97 Å². The highest BCUT2D eigenvalue weighted by Gasteiger charge is 2.15. The largest absolute Gasteiger partial charge is 0.486 e. The molecule has 3 rings (SSSR count). The third-order valence-electron chi connectivity index (χ3n) is 3.77. The lowest BCUT2D eigenvalue weighted by Crippen LogP contribution is -2.06. The second-order valence-corrected chi connectivity index (χ2v) is 6.74. The van der Waals surface area contributed by atoms with Crippen molar-refractivity contribution in [2.24, 2.45) is 0 Å². The molecule has 0 fully saturated rings. The Morgan fingerprint density at radius 1 is 1.15 bits per heavy atom. The van der Waals surface area contributed by atoms with Crippen LogP contribution in [0.2, 0.25) is 5.02 Å². The topological polar surface area (TPSA) is 35.5 Å². The highest BCUT2D eigenvalue weighted by Crippen LogP contribution is 2.35. The molecule has 26 heavy (non-hydrogen) atoms. The number of carbonyl (C=O) groups excluding carboxylic acids is 1. The van der Waals surface area contributed by atoms with E-state index in [1.54, 1.807) is 6.07 Å². The molecular formula is C21H14BrClO3. The summed E-state index contributed by atoms with van der Waals surface area (Å²) >= 11 is 9.69. The summed E-state index contributed by atoms with van der Waals surface area (Å²) in [6, 6.07) is 17.3. The first kappa shape index (κ1) is 18.3. The van der Waals surface area contributed by atoms with Crippen LogP contribution in [0.15, 0.2) is 59.1 Å². The van der Waals surface area contributed by atoms with Crippen LogP contribution in [0.25, 0.3) is 10.8 Å². The maximum absolute atomic E-state index is 11.9. The summed E-state index contributed by atoms with van der Waals surface area (Å²) in [6.45, 7) is 0.258. The Labute approximate surface area is 165 Å². The Kier molecular flexibility index (Phi) is 5.82. The van der Waals surface area contributed by atoms with Crippen molar-refractivity contribution >= 4 is 44.3 Å². The van der Waals surface area contributed by atoms with E-state index in [1.165, 1.54) is 6.07 Å². The normalized spacial score (nSPS) is 10.3. The number of terminal acetylenes is 1. The van der Waals surface area contributed by atoms with Gasteiger partial charge in [0.05, 0.1) is 15.1 Å². The molecule has 0 N–H and O–H groups in total. The van der Waals surface area contributed by atoms with Gasteiger partial charge < -0.3 is 9.47 Å². The molecule has 0 unspecified atom stereocenters. The Bertz CT molecular complexity index is 979. The molecule has 0 saturated heterocycles. The van der Waals surface area contributed by atoms with Gasteiger partial charge in [-0.15, -0.1) is 6.42 Å². The number of halogens is 2. The fourth-order valence-corrected chi connectivity index (χ4v) is 3.54. The van der Waals surface area contributed by atoms with Crippen LogP contribution in [-0.2, 0) is 11.3 Å². The molecular weight excluding hydrogens is 416 g/mol. The fraction of sp³-hybridized carbons (Fsp3) is 0.0952. The maximum atomic E-state index is 11.9. The predicted octanol–water partition coefficient (Wildman–Crippen LogP) is 5.62. The lowest BCUT2D eigenvalue weighted by Gasteiger charge is -2.13. The van der Waals surface area contributed by atoms with Crippen molar-refractivity contribution in [1.82, 2.24) is 0 Å². The molecule has 3 nitrogen and oxygen atoms in total. The lowest BCUT2D eigenvalue weighted by molar-refractivity contribution is 0.0556. The molecule has 0 saturated carbocycles. The monoisotopic (exact) mass is 428 g/mol. The summed E-state index contributed by atoms with van der Waals surface area (Å²) in [5, 5.41) is 2.58. The first-order chi connectivity index (χ1) is 12.6. The number of hydrogen-bond donors (Lipinski definition) is 0. The van der Waals surface area contributed by atoms with Crippen LogP contribution < -0.4 is 4.74 Å². The number of fused-ring (bicyclic) bond motifs is 1. The van der Waals surface area contributed by atoms with Crippen molar-refractivity contribution in [1.29, 1.82) is 0 Å². The van der Waals surface area contributed by atoms with E-state index in [4.69, 9.17) is 27.5 Å². The van der Waals surface area contributed by atoms with Crippen molar-refractivity contribution in [3.63, 3.8) is 0 Å². The molecule has 3 aromatic rings. The first-order valence-electron chi connectivity index (χ1n) is 7.79. The van der Waals surface area contributed by atoms with Gasteiger partial charge in [0.15, 0.2) is 12.4 Å². The summed E-state index contributed by atoms with van der Waals surface area (Å²) in [6.07, 6.45) is 5.09. The van der Waals surface area contributed by atoms with Gasteiger partial charge in [0.25, 0.3) is 0 Å². The number of carbonyl (C=O) groups is 1. The van der Waals surface area contributed by atoms with Crippen LogP contribution in [0.3, 0.4) is 0 Å². The van der Waals surface area contributed by atoms with Crippen LogP contribution in [0.4, 0.5) is 0 Å². The number of benzene rings is 3. The zero-order valence-electron chi connectivity index (χ0n) is 13.7. The molecule has 0 aliphatic carbocycles. The smallest absolute Gasteiger partial charge is 0.339 e. The molecule has 5 heteroatoms. The second kappa shape index (κ2) is 8.27. The molecule has 0 atom stereocenters. The van der Waals surface area contributed by atoms with Gasteiger partial charge in [-0.3, -0.25) is 0 Å². The van der Waals surface area contributed by atoms with Gasteiger partial charge in [-0.05, 0) is 44.4 Å². The minimum atomic E-state index is -0.536. The zero-order valence-corrected chi connectivity index (χ0v) is 16.0. The summed E-state index contributed by atoms with van der Waals surface area (Å²) in [7, 11) is 0. The molecule has 0 spiro atoms. The number of hydrogen-bond acceptors (Lipinski definition) is 3. The van der Waals surface area contributed by atoms with Gasteiger partial charge in [0, 0.05) is 0 Å². The van der Waals surface area contributed by atoms with E-state index in [9.17, 15) is 4.79 Å². The van der Waals surface area contributed by atoms with Crippen LogP contribution in [0, 0.1) is 12.3 Å². The van der Waals surface area contributed by atoms with Crippen molar-refractivity contribution in [2.75, 3.05) is 6.61 Å². The molecule has 0 amide bonds. The third-order valence-corrected chi connectivity index (χ3v) is 4.64. The van der Waals surface area contributed by atoms with E-state index >= 15 is 0 Å². The van der Waals surface area contributed by atoms with E-state index in [0.29, 0.717) is 27.4 Å². The van der Waals surface area contributed by atoms with E-state index in [-0.39, 0.29) is 6.61 Å². The van der Waals surface area contributed by atoms with Crippen molar-refractivity contribution in [3.05, 3.63) is 75.2 Å². The number of ether oxygens (including phenoxy) is 2. The zero-order chi connectivity index (χ0) is 18.5. The molecule has 3 aromatic carbocycles. The third kappa shape index (κ3) is 4.01. The van der Waals surface area contributed by atoms with Gasteiger partial charge in [0.2, 0.25) is 0 Å². The number of esters is 1. The fourth-order valence-electron chi connectivity index (χ4n) is 2.57. The van der Waals surface area contributed by atoms with Crippen LogP contribution in [0.5, 0.6) is 5.75 Å². The highest BCUT2D eigenvalue weighted by molar-refractivity contribution is 9.10. The van der Waals surface area contributed by atoms with E-state index in [2.05, 4.69) is 40.0 Å². The molecule has 0 aliphatic rings. The molecule has 0 heterocycles. The molecule has 130 valence electrons. The first-order valence-corrected chi connectivity index (χ1v) is 8.96. The Hall–Kier alpha value is -2.48. The summed E-state index contributed by atoms with van der Waals surface area (Å²) in [5.74, 6) is 2.18. The predicted molar refractivity (Wildman–Crippen MR) is 107 cm³/mol. The van der Waals surface area contributed by atoms with Crippen molar-refractivity contribution in [3.8, 4) is 18.1 Å². The summed E-state index contributed by atoms with van der Waals surface area (Å²) in [4.78, 5) is 11.9. The average molecular weight is 430 g/mol. The highest BCUT2D eigenvalue weighted by atomic mass is 79.9. The van der Waals surface area contributed by atoms with Crippen molar-refractivity contribution < 1.29 is 14.3 Å². The molecule has 0 aliphatic heterocycles. The molecule has 0 aromatic heterocycles. The van der Waals surface area contributed by atoms with Gasteiger partial charge in [-0.25, -0.2) is 4.79 Å². The van der Waals surface area contributed by atoms with Crippen molar-refractivity contribution in [2.45, 2.75) is 6.61 Å². The van der Waals surface area contributed by atoms with E-state index < -0.39 is 5.97 Å². The standard InChI is InChI=1S/C21H14BrClO3/c1-2-10-25-21(24)16-11-18(22)20(19(23)12-16)26-13-15-8-5-7-14-6-3-4-9-17(14)15/h1,3-9,11-12H,10,13H2. The van der Waals surface area contributed by atoms with Gasteiger partial charge in [-0.1, -0.05) is 60.0 Å².